The third kappa shape index (κ3) is 1.58. The first kappa shape index (κ1) is 10.0. The predicted octanol–water partition coefficient (Wildman–Crippen LogP) is 3.02. The molecule has 0 aliphatic carbocycles. The summed E-state index contributed by atoms with van der Waals surface area (Å²) >= 11 is 0. The molecule has 0 bridgehead atoms. The lowest BCUT2D eigenvalue weighted by Gasteiger charge is -2.15. The number of nitrogens with two attached hydrogens (primary N) is 1. The number of rotatable bonds is 0. The molecule has 0 fully saturated rings. The maximum Gasteiger partial charge on any atom is 0.153 e. The highest BCUT2D eigenvalue weighted by Crippen LogP contribution is 2.33. The molecule has 0 atom stereocenters. The van der Waals surface area contributed by atoms with Gasteiger partial charge in [-0.2, -0.15) is 0 Å². The first-order chi connectivity index (χ1) is 6.89. The van der Waals surface area contributed by atoms with Crippen LogP contribution in [0.1, 0.15) is 32.1 Å². The van der Waals surface area contributed by atoms with Crippen molar-refractivity contribution in [3.05, 3.63) is 23.6 Å². The highest BCUT2D eigenvalue weighted by atomic mass is 16.3. The van der Waals surface area contributed by atoms with Crippen LogP contribution in [0.25, 0.3) is 11.0 Å². The van der Waals surface area contributed by atoms with E-state index in [1.807, 2.05) is 6.07 Å². The van der Waals surface area contributed by atoms with Crippen LogP contribution in [0.4, 0.5) is 5.82 Å². The van der Waals surface area contributed by atoms with E-state index in [-0.39, 0.29) is 5.41 Å². The minimum atomic E-state index is 0.0118. The summed E-state index contributed by atoms with van der Waals surface area (Å²) in [7, 11) is 0. The van der Waals surface area contributed by atoms with Crippen LogP contribution in [-0.4, -0.2) is 4.98 Å². The Hall–Kier alpha value is -1.51. The molecule has 80 valence electrons. The van der Waals surface area contributed by atoms with E-state index in [2.05, 4.69) is 32.7 Å². The van der Waals surface area contributed by atoms with Crippen molar-refractivity contribution in [1.29, 1.82) is 0 Å². The molecule has 0 aliphatic rings. The van der Waals surface area contributed by atoms with Crippen molar-refractivity contribution >= 4 is 16.8 Å². The van der Waals surface area contributed by atoms with Crippen LogP contribution in [0, 0.1) is 6.92 Å². The fourth-order valence-electron chi connectivity index (χ4n) is 1.86. The standard InChI is InChI=1S/C12H16N2O/c1-7-8-5-10(13)14-6-9(8)15-11(7)12(2,3)4/h5-6H,1-4H3,(H2,13,14). The maximum absolute atomic E-state index is 5.80. The number of aromatic nitrogens is 1. The van der Waals surface area contributed by atoms with Crippen LogP contribution in [0.3, 0.4) is 0 Å². The topological polar surface area (TPSA) is 52.0 Å². The van der Waals surface area contributed by atoms with Gasteiger partial charge in [0.05, 0.1) is 6.20 Å². The van der Waals surface area contributed by atoms with E-state index in [4.69, 9.17) is 10.2 Å². The third-order valence-corrected chi connectivity index (χ3v) is 2.53. The van der Waals surface area contributed by atoms with Crippen molar-refractivity contribution < 1.29 is 4.42 Å². The fraction of sp³-hybridized carbons (Fsp3) is 0.417. The lowest BCUT2D eigenvalue weighted by atomic mass is 9.90. The lowest BCUT2D eigenvalue weighted by molar-refractivity contribution is 0.426. The van der Waals surface area contributed by atoms with Gasteiger partial charge in [-0.25, -0.2) is 4.98 Å². The third-order valence-electron chi connectivity index (χ3n) is 2.53. The molecular formula is C12H16N2O. The SMILES string of the molecule is Cc1c(C(C)(C)C)oc2cnc(N)cc12. The highest BCUT2D eigenvalue weighted by molar-refractivity contribution is 5.83. The average molecular weight is 204 g/mol. The van der Waals surface area contributed by atoms with Crippen molar-refractivity contribution in [1.82, 2.24) is 4.98 Å². The number of hydrogen-bond acceptors (Lipinski definition) is 3. The van der Waals surface area contributed by atoms with Crippen molar-refractivity contribution in [2.75, 3.05) is 5.73 Å². The Morgan fingerprint density at radius 1 is 1.33 bits per heavy atom. The van der Waals surface area contributed by atoms with E-state index >= 15 is 0 Å². The van der Waals surface area contributed by atoms with Gasteiger partial charge < -0.3 is 10.2 Å². The second-order valence-electron chi connectivity index (χ2n) is 4.91. The zero-order valence-corrected chi connectivity index (χ0v) is 9.59. The van der Waals surface area contributed by atoms with Crippen molar-refractivity contribution in [2.45, 2.75) is 33.1 Å². The van der Waals surface area contributed by atoms with Gasteiger partial charge in [0.25, 0.3) is 0 Å². The van der Waals surface area contributed by atoms with Gasteiger partial charge >= 0.3 is 0 Å². The van der Waals surface area contributed by atoms with Gasteiger partial charge in [0.2, 0.25) is 0 Å². The largest absolute Gasteiger partial charge is 0.459 e. The Bertz CT molecular complexity index is 506. The molecule has 0 aliphatic heterocycles. The molecule has 2 rings (SSSR count). The van der Waals surface area contributed by atoms with E-state index < -0.39 is 0 Å². The second kappa shape index (κ2) is 2.99. The Balaban J connectivity index is 2.76. The van der Waals surface area contributed by atoms with Crippen molar-refractivity contribution in [3.8, 4) is 0 Å². The number of nitrogen functional groups attached to an aromatic ring is 1. The van der Waals surface area contributed by atoms with E-state index in [9.17, 15) is 0 Å². The number of aryl methyl sites for hydroxylation is 1. The van der Waals surface area contributed by atoms with Crippen molar-refractivity contribution in [2.24, 2.45) is 0 Å². The second-order valence-corrected chi connectivity index (χ2v) is 4.91. The summed E-state index contributed by atoms with van der Waals surface area (Å²) in [4.78, 5) is 4.03. The smallest absolute Gasteiger partial charge is 0.153 e. The van der Waals surface area contributed by atoms with Gasteiger partial charge in [0.1, 0.15) is 11.6 Å². The molecule has 2 N–H and O–H groups in total. The molecule has 3 heteroatoms. The molecule has 2 aromatic rings. The summed E-state index contributed by atoms with van der Waals surface area (Å²) in [5.74, 6) is 1.54. The van der Waals surface area contributed by atoms with Gasteiger partial charge in [-0.05, 0) is 18.6 Å². The van der Waals surface area contributed by atoms with Gasteiger partial charge in [-0.3, -0.25) is 0 Å². The molecule has 0 aromatic carbocycles. The Labute approximate surface area is 89.3 Å². The Morgan fingerprint density at radius 3 is 2.60 bits per heavy atom. The monoisotopic (exact) mass is 204 g/mol. The molecule has 2 aromatic heterocycles. The average Bonchev–Trinajstić information content (AvgIpc) is 2.43. The molecule has 0 unspecified atom stereocenters. The number of hydrogen-bond donors (Lipinski definition) is 1. The number of furan rings is 1. The normalized spacial score (nSPS) is 12.3. The molecule has 0 spiro atoms. The molecule has 0 radical (unpaired) electrons. The molecule has 2 heterocycles. The number of pyridine rings is 1. The van der Waals surface area contributed by atoms with E-state index in [1.54, 1.807) is 6.20 Å². The molecule has 0 saturated heterocycles. The van der Waals surface area contributed by atoms with Crippen LogP contribution >= 0.6 is 0 Å². The lowest BCUT2D eigenvalue weighted by Crippen LogP contribution is -2.10. The zero-order chi connectivity index (χ0) is 11.2. The van der Waals surface area contributed by atoms with Gasteiger partial charge in [0.15, 0.2) is 5.58 Å². The van der Waals surface area contributed by atoms with Gasteiger partial charge in [0, 0.05) is 10.8 Å². The Kier molecular flexibility index (Phi) is 2.00. The molecular weight excluding hydrogens is 188 g/mol. The van der Waals surface area contributed by atoms with Crippen LogP contribution in [0.2, 0.25) is 0 Å². The minimum absolute atomic E-state index is 0.0118. The molecule has 0 amide bonds. The quantitative estimate of drug-likeness (QED) is 0.717. The van der Waals surface area contributed by atoms with Crippen LogP contribution in [-0.2, 0) is 5.41 Å². The molecule has 15 heavy (non-hydrogen) atoms. The first-order valence-electron chi connectivity index (χ1n) is 5.04. The van der Waals surface area contributed by atoms with Crippen LogP contribution in [0.5, 0.6) is 0 Å². The summed E-state index contributed by atoms with van der Waals surface area (Å²) in [5.41, 5.74) is 7.64. The van der Waals surface area contributed by atoms with Gasteiger partial charge in [-0.1, -0.05) is 20.8 Å². The molecule has 0 saturated carbocycles. The van der Waals surface area contributed by atoms with Gasteiger partial charge in [-0.15, -0.1) is 0 Å². The first-order valence-corrected chi connectivity index (χ1v) is 5.04. The number of fused-ring (bicyclic) bond motifs is 1. The highest BCUT2D eigenvalue weighted by Gasteiger charge is 2.22. The van der Waals surface area contributed by atoms with Crippen molar-refractivity contribution in [3.63, 3.8) is 0 Å². The minimum Gasteiger partial charge on any atom is -0.459 e. The van der Waals surface area contributed by atoms with Crippen LogP contribution < -0.4 is 5.73 Å². The number of nitrogens with zero attached hydrogens (tertiary/aromatic N) is 1. The summed E-state index contributed by atoms with van der Waals surface area (Å²) in [6.45, 7) is 8.46. The maximum atomic E-state index is 5.80. The number of anilines is 1. The van der Waals surface area contributed by atoms with E-state index in [0.29, 0.717) is 5.82 Å². The molecule has 3 nitrogen and oxygen atoms in total. The Morgan fingerprint density at radius 2 is 2.00 bits per heavy atom. The summed E-state index contributed by atoms with van der Waals surface area (Å²) in [6, 6.07) is 1.86. The zero-order valence-electron chi connectivity index (χ0n) is 9.59. The van der Waals surface area contributed by atoms with E-state index in [1.165, 1.54) is 0 Å². The van der Waals surface area contributed by atoms with Crippen LogP contribution in [0.15, 0.2) is 16.7 Å². The fourth-order valence-corrected chi connectivity index (χ4v) is 1.86. The summed E-state index contributed by atoms with van der Waals surface area (Å²) in [6.07, 6.45) is 1.69. The predicted molar refractivity (Wildman–Crippen MR) is 61.9 cm³/mol. The van der Waals surface area contributed by atoms with E-state index in [0.717, 1.165) is 22.3 Å². The summed E-state index contributed by atoms with van der Waals surface area (Å²) in [5, 5.41) is 1.06. The summed E-state index contributed by atoms with van der Waals surface area (Å²) < 4.78 is 5.80.